The van der Waals surface area contributed by atoms with Crippen LogP contribution < -0.4 is 19.3 Å². The summed E-state index contributed by atoms with van der Waals surface area (Å²) in [6, 6.07) is 38.1. The molecule has 13 heteroatoms. The fourth-order valence-corrected chi connectivity index (χ4v) is 7.56. The molecule has 0 bridgehead atoms. The first kappa shape index (κ1) is 34.9. The number of hydrogen-bond donors (Lipinski definition) is 0. The lowest BCUT2D eigenvalue weighted by atomic mass is 10.2. The van der Waals surface area contributed by atoms with Crippen LogP contribution in [0.15, 0.2) is 138 Å². The molecule has 0 amide bonds. The lowest BCUT2D eigenvalue weighted by Crippen LogP contribution is -2.43. The summed E-state index contributed by atoms with van der Waals surface area (Å²) in [5.41, 5.74) is 2.90. The van der Waals surface area contributed by atoms with E-state index in [1.54, 1.807) is 42.2 Å². The van der Waals surface area contributed by atoms with Gasteiger partial charge in [-0.15, -0.1) is 0 Å². The Kier molecular flexibility index (Phi) is 11.0. The number of para-hydroxylation sites is 2. The van der Waals surface area contributed by atoms with Crippen LogP contribution in [0.4, 0.5) is 10.3 Å². The lowest BCUT2D eigenvalue weighted by Gasteiger charge is -2.30. The van der Waals surface area contributed by atoms with E-state index in [0.29, 0.717) is 37.2 Å². The zero-order chi connectivity index (χ0) is 36.4. The van der Waals surface area contributed by atoms with Crippen molar-refractivity contribution in [3.8, 4) is 23.6 Å². The maximum absolute atomic E-state index is 9.23. The first-order valence-corrected chi connectivity index (χ1v) is 18.3. The van der Waals surface area contributed by atoms with Gasteiger partial charge in [0.25, 0.3) is 6.02 Å². The fourth-order valence-electron chi connectivity index (χ4n) is 5.53. The van der Waals surface area contributed by atoms with Gasteiger partial charge in [-0.1, -0.05) is 77.3 Å². The molecule has 2 atom stereocenters. The number of nitriles is 2. The molecule has 6 aromatic rings. The molecule has 2 aromatic heterocycles. The van der Waals surface area contributed by atoms with Crippen LogP contribution in [0.3, 0.4) is 0 Å². The fraction of sp³-hybridized carbons (Fsp3) is 0.150. The van der Waals surface area contributed by atoms with Crippen molar-refractivity contribution in [2.24, 2.45) is 9.98 Å². The number of thiazole rings is 2. The Morgan fingerprint density at radius 2 is 1.15 bits per heavy atom. The van der Waals surface area contributed by atoms with Gasteiger partial charge in [0.1, 0.15) is 18.1 Å². The summed E-state index contributed by atoms with van der Waals surface area (Å²) in [4.78, 5) is 22.0. The van der Waals surface area contributed by atoms with E-state index in [9.17, 15) is 10.5 Å². The minimum Gasteiger partial charge on any atom is -0.497 e. The van der Waals surface area contributed by atoms with Gasteiger partial charge in [-0.05, 0) is 66.2 Å². The number of rotatable bonds is 8. The monoisotopic (exact) mass is 736 g/mol. The van der Waals surface area contributed by atoms with Gasteiger partial charge in [0.05, 0.1) is 64.6 Å². The van der Waals surface area contributed by atoms with Crippen LogP contribution in [0.1, 0.15) is 18.4 Å². The Balaban J connectivity index is 0.000000164. The van der Waals surface area contributed by atoms with Crippen LogP contribution in [0, 0.1) is 22.7 Å². The van der Waals surface area contributed by atoms with E-state index >= 15 is 0 Å². The first-order chi connectivity index (χ1) is 26.1. The quantitative estimate of drug-likeness (QED) is 0.150. The molecule has 4 aromatic carbocycles. The van der Waals surface area contributed by atoms with E-state index in [2.05, 4.69) is 22.1 Å². The second kappa shape index (κ2) is 16.7. The minimum absolute atomic E-state index is 0.149. The summed E-state index contributed by atoms with van der Waals surface area (Å²) in [7, 11) is 1.62. The van der Waals surface area contributed by atoms with Crippen LogP contribution >= 0.6 is 22.7 Å². The Bertz CT molecular complexity index is 2320. The molecule has 0 saturated heterocycles. The summed E-state index contributed by atoms with van der Waals surface area (Å²) >= 11 is 3.11. The van der Waals surface area contributed by atoms with Crippen molar-refractivity contribution in [2.75, 3.05) is 16.9 Å². The molecular weight excluding hydrogens is 705 g/mol. The van der Waals surface area contributed by atoms with Crippen molar-refractivity contribution in [1.82, 2.24) is 9.97 Å². The van der Waals surface area contributed by atoms with Gasteiger partial charge < -0.3 is 14.2 Å². The number of amidine groups is 2. The molecule has 2 aliphatic rings. The molecule has 4 heterocycles. The molecule has 0 radical (unpaired) electrons. The van der Waals surface area contributed by atoms with Crippen molar-refractivity contribution >= 4 is 65.4 Å². The van der Waals surface area contributed by atoms with E-state index in [4.69, 9.17) is 24.2 Å². The molecule has 8 rings (SSSR count). The number of ether oxygens (including phenoxy) is 3. The van der Waals surface area contributed by atoms with Gasteiger partial charge in [-0.3, -0.25) is 9.80 Å². The lowest BCUT2D eigenvalue weighted by molar-refractivity contribution is 0.281. The zero-order valence-electron chi connectivity index (χ0n) is 28.5. The third-order valence-corrected chi connectivity index (χ3v) is 10.2. The Labute approximate surface area is 314 Å². The highest BCUT2D eigenvalue weighted by Crippen LogP contribution is 2.34. The van der Waals surface area contributed by atoms with E-state index in [1.165, 1.54) is 0 Å². The number of benzene rings is 4. The third-order valence-electron chi connectivity index (χ3n) is 8.12. The first-order valence-electron chi connectivity index (χ1n) is 16.6. The van der Waals surface area contributed by atoms with Gasteiger partial charge in [-0.2, -0.15) is 10.5 Å². The number of aromatic nitrogens is 2. The average molecular weight is 737 g/mol. The van der Waals surface area contributed by atoms with Crippen molar-refractivity contribution in [1.29, 1.82) is 10.5 Å². The maximum atomic E-state index is 9.23. The van der Waals surface area contributed by atoms with Crippen LogP contribution in [0.5, 0.6) is 11.5 Å². The summed E-state index contributed by atoms with van der Waals surface area (Å²) < 4.78 is 19.4. The van der Waals surface area contributed by atoms with Crippen molar-refractivity contribution in [2.45, 2.75) is 31.5 Å². The normalized spacial score (nSPS) is 16.2. The smallest absolute Gasteiger partial charge is 0.304 e. The number of aliphatic imine (C=N–C) groups is 2. The van der Waals surface area contributed by atoms with Gasteiger partial charge in [0.15, 0.2) is 10.3 Å². The number of anilines is 2. The van der Waals surface area contributed by atoms with Gasteiger partial charge in [0, 0.05) is 12.4 Å². The van der Waals surface area contributed by atoms with E-state index < -0.39 is 0 Å². The highest BCUT2D eigenvalue weighted by molar-refractivity contribution is 7.22. The molecule has 11 nitrogen and oxygen atoms in total. The summed E-state index contributed by atoms with van der Waals surface area (Å²) in [5.74, 6) is 1.38. The van der Waals surface area contributed by atoms with Crippen LogP contribution in [0.2, 0.25) is 0 Å². The van der Waals surface area contributed by atoms with Crippen LogP contribution in [0.25, 0.3) is 20.4 Å². The van der Waals surface area contributed by atoms with E-state index in [-0.39, 0.29) is 12.1 Å². The average Bonchev–Trinajstić information content (AvgIpc) is 3.83. The van der Waals surface area contributed by atoms with Gasteiger partial charge in [0.2, 0.25) is 0 Å². The van der Waals surface area contributed by atoms with Crippen molar-refractivity contribution in [3.05, 3.63) is 133 Å². The van der Waals surface area contributed by atoms with E-state index in [1.807, 2.05) is 125 Å². The summed E-state index contributed by atoms with van der Waals surface area (Å²) in [6.45, 7) is 0.411. The second-order valence-electron chi connectivity index (χ2n) is 11.6. The van der Waals surface area contributed by atoms with Gasteiger partial charge >= 0.3 is 6.02 Å². The highest BCUT2D eigenvalue weighted by atomic mass is 32.1. The number of fused-ring (bicyclic) bond motifs is 2. The van der Waals surface area contributed by atoms with E-state index in [0.717, 1.165) is 42.0 Å². The largest absolute Gasteiger partial charge is 0.497 e. The van der Waals surface area contributed by atoms with Crippen LogP contribution in [-0.2, 0) is 11.3 Å². The predicted molar refractivity (Wildman–Crippen MR) is 210 cm³/mol. The topological polar surface area (TPSA) is 132 Å². The predicted octanol–water partition coefficient (Wildman–Crippen LogP) is 8.84. The maximum Gasteiger partial charge on any atom is 0.304 e. The SMILES string of the molecule is COc1ccc(OC2=NC=CC(CC#N)N2c2nc3ccccc3s2)cc1.N#CCC1C=CN=C(OCc2ccccc2)N1c1nc2ccccc2s1. The molecule has 0 spiro atoms. The summed E-state index contributed by atoms with van der Waals surface area (Å²) in [5, 5.41) is 20.0. The number of nitrogens with zero attached hydrogens (tertiary/aromatic N) is 8. The van der Waals surface area contributed by atoms with Crippen molar-refractivity contribution < 1.29 is 14.2 Å². The van der Waals surface area contributed by atoms with Gasteiger partial charge in [-0.25, -0.2) is 20.0 Å². The molecule has 2 unspecified atom stereocenters. The standard InChI is InChI=1S/C20H16N4O2S.C20H16N4OS/c1-25-15-6-8-16(9-7-15)26-19-22-13-11-14(10-12-21)24(19)20-23-17-4-2-3-5-18(17)27-20;21-12-10-16-11-13-22-19(25-14-15-6-2-1-3-7-15)24(16)20-23-17-8-4-5-9-18(17)26-20/h2-9,11,13-14H,10H2,1H3;1-9,11,13,16H,10,14H2. The molecule has 0 N–H and O–H groups in total. The Morgan fingerprint density at radius 1 is 0.642 bits per heavy atom. The molecule has 0 saturated carbocycles. The minimum atomic E-state index is -0.193. The number of methoxy groups -OCH3 is 1. The summed E-state index contributed by atoms with van der Waals surface area (Å²) in [6.07, 6.45) is 7.80. The molecule has 262 valence electrons. The zero-order valence-corrected chi connectivity index (χ0v) is 30.2. The van der Waals surface area contributed by atoms with Crippen LogP contribution in [-0.4, -0.2) is 41.2 Å². The third kappa shape index (κ3) is 8.18. The van der Waals surface area contributed by atoms with Crippen molar-refractivity contribution in [3.63, 3.8) is 0 Å². The molecule has 0 fully saturated rings. The number of hydrogen-bond acceptors (Lipinski definition) is 13. The molecule has 53 heavy (non-hydrogen) atoms. The Morgan fingerprint density at radius 3 is 1.70 bits per heavy atom. The molecule has 2 aliphatic heterocycles. The molecule has 0 aliphatic carbocycles. The second-order valence-corrected chi connectivity index (χ2v) is 13.6. The highest BCUT2D eigenvalue weighted by Gasteiger charge is 2.30. The Hall–Kier alpha value is -6.54. The molecular formula is C40H32N8O3S2.